The van der Waals surface area contributed by atoms with Crippen molar-refractivity contribution in [2.45, 2.75) is 51.8 Å². The van der Waals surface area contributed by atoms with E-state index in [-0.39, 0.29) is 18.6 Å². The van der Waals surface area contributed by atoms with Crippen molar-refractivity contribution in [2.75, 3.05) is 6.54 Å². The summed E-state index contributed by atoms with van der Waals surface area (Å²) < 4.78 is 51.6. The van der Waals surface area contributed by atoms with Gasteiger partial charge in [-0.15, -0.1) is 0 Å². The number of alkyl halides is 3. The maximum absolute atomic E-state index is 14.8. The number of nitrogens with zero attached hydrogens (tertiary/aromatic N) is 1. The number of ketones is 1. The number of benzene rings is 2. The number of aryl methyl sites for hydroxylation is 2. The normalized spacial score (nSPS) is 17.8. The van der Waals surface area contributed by atoms with Crippen LogP contribution in [-0.4, -0.2) is 30.1 Å². The van der Waals surface area contributed by atoms with Crippen LogP contribution in [0.1, 0.15) is 58.8 Å². The van der Waals surface area contributed by atoms with Gasteiger partial charge in [-0.3, -0.25) is 9.59 Å². The summed E-state index contributed by atoms with van der Waals surface area (Å²) in [4.78, 5) is 29.7. The Morgan fingerprint density at radius 1 is 1.18 bits per heavy atom. The van der Waals surface area contributed by atoms with E-state index in [0.29, 0.717) is 38.9 Å². The van der Waals surface area contributed by atoms with E-state index < -0.39 is 30.0 Å². The molecule has 1 heterocycles. The van der Waals surface area contributed by atoms with Gasteiger partial charge < -0.3 is 10.2 Å². The topological polar surface area (TPSA) is 67.8 Å². The molecule has 1 aliphatic heterocycles. The molecule has 1 aliphatic rings. The number of carbonyl (C=O) groups excluding carboxylic acids is 2. The maximum Gasteiger partial charge on any atom is 0.405 e. The van der Waals surface area contributed by atoms with E-state index in [4.69, 9.17) is 4.84 Å². The molecular weight excluding hydrogens is 520 g/mol. The first-order valence-electron chi connectivity index (χ1n) is 10.5. The molecule has 34 heavy (non-hydrogen) atoms. The Labute approximate surface area is 202 Å². The molecule has 2 aromatic carbocycles. The zero-order valence-electron chi connectivity index (χ0n) is 18.8. The Kier molecular flexibility index (Phi) is 7.50. The van der Waals surface area contributed by atoms with Crippen LogP contribution in [0.3, 0.4) is 0 Å². The molecule has 1 amide bonds. The third kappa shape index (κ3) is 6.02. The van der Waals surface area contributed by atoms with Gasteiger partial charge in [-0.25, -0.2) is 4.39 Å². The largest absolute Gasteiger partial charge is 0.405 e. The summed E-state index contributed by atoms with van der Waals surface area (Å²) in [6, 6.07) is 8.41. The molecule has 5 nitrogen and oxygen atoms in total. The molecule has 2 aromatic rings. The van der Waals surface area contributed by atoms with Crippen molar-refractivity contribution in [1.29, 1.82) is 0 Å². The highest BCUT2D eigenvalue weighted by atomic mass is 79.9. The van der Waals surface area contributed by atoms with E-state index in [1.54, 1.807) is 49.5 Å². The van der Waals surface area contributed by atoms with Crippen molar-refractivity contribution in [3.8, 4) is 0 Å². The first-order chi connectivity index (χ1) is 15.8. The molecule has 1 N–H and O–H groups in total. The lowest BCUT2D eigenvalue weighted by Gasteiger charge is -2.23. The zero-order chi connectivity index (χ0) is 25.3. The standard InChI is InChI=1S/C24H23BrF4N2O3/c1-13-8-17(22(26)18(25)9-13)23(3)11-19(31-34-23)15-4-5-16(14(2)10-15)20(32)6-7-21(33)30-12-24(27,28)29/h4-5,8-10H,6-7,11-12H2,1-3H3,(H,30,33). The average Bonchev–Trinajstić information content (AvgIpc) is 3.15. The van der Waals surface area contributed by atoms with E-state index >= 15 is 0 Å². The van der Waals surface area contributed by atoms with E-state index in [1.165, 1.54) is 0 Å². The summed E-state index contributed by atoms with van der Waals surface area (Å²) in [6.45, 7) is 3.89. The van der Waals surface area contributed by atoms with Crippen LogP contribution in [0.25, 0.3) is 0 Å². The van der Waals surface area contributed by atoms with Crippen molar-refractivity contribution in [2.24, 2.45) is 5.16 Å². The first-order valence-corrected chi connectivity index (χ1v) is 11.3. The molecule has 182 valence electrons. The third-order valence-corrected chi connectivity index (χ3v) is 6.11. The Balaban J connectivity index is 1.68. The highest BCUT2D eigenvalue weighted by Gasteiger charge is 2.39. The molecule has 0 aromatic heterocycles. The average molecular weight is 543 g/mol. The third-order valence-electron chi connectivity index (χ3n) is 5.53. The summed E-state index contributed by atoms with van der Waals surface area (Å²) >= 11 is 3.22. The summed E-state index contributed by atoms with van der Waals surface area (Å²) in [5.74, 6) is -1.61. The van der Waals surface area contributed by atoms with Crippen LogP contribution in [0.15, 0.2) is 40.0 Å². The fourth-order valence-corrected chi connectivity index (χ4v) is 4.33. The van der Waals surface area contributed by atoms with Crippen LogP contribution in [0.5, 0.6) is 0 Å². The molecular formula is C24H23BrF4N2O3. The van der Waals surface area contributed by atoms with Crippen LogP contribution in [0, 0.1) is 19.7 Å². The highest BCUT2D eigenvalue weighted by Crippen LogP contribution is 2.39. The number of nitrogens with one attached hydrogen (secondary N) is 1. The van der Waals surface area contributed by atoms with Crippen LogP contribution in [-0.2, 0) is 15.2 Å². The van der Waals surface area contributed by atoms with Crippen LogP contribution < -0.4 is 5.32 Å². The molecule has 3 rings (SSSR count). The van der Waals surface area contributed by atoms with Crippen molar-refractivity contribution in [3.05, 3.63) is 68.4 Å². The number of oxime groups is 1. The lowest BCUT2D eigenvalue weighted by molar-refractivity contribution is -0.138. The second-order valence-corrected chi connectivity index (χ2v) is 9.34. The number of hydrogen-bond donors (Lipinski definition) is 1. The van der Waals surface area contributed by atoms with Gasteiger partial charge in [-0.1, -0.05) is 17.3 Å². The monoisotopic (exact) mass is 542 g/mol. The first kappa shape index (κ1) is 25.9. The molecule has 0 bridgehead atoms. The van der Waals surface area contributed by atoms with Crippen molar-refractivity contribution in [1.82, 2.24) is 5.32 Å². The summed E-state index contributed by atoms with van der Waals surface area (Å²) in [5.41, 5.74) is 2.53. The van der Waals surface area contributed by atoms with E-state index in [2.05, 4.69) is 21.1 Å². The predicted octanol–water partition coefficient (Wildman–Crippen LogP) is 5.89. The number of hydrogen-bond acceptors (Lipinski definition) is 4. The van der Waals surface area contributed by atoms with Gasteiger partial charge in [-0.05, 0) is 71.6 Å². The minimum absolute atomic E-state index is 0.215. The fraction of sp³-hybridized carbons (Fsp3) is 0.375. The number of carbonyl (C=O) groups is 2. The van der Waals surface area contributed by atoms with Crippen molar-refractivity contribution >= 4 is 33.3 Å². The Bertz CT molecular complexity index is 1160. The number of amides is 1. The lowest BCUT2D eigenvalue weighted by Crippen LogP contribution is -2.33. The van der Waals surface area contributed by atoms with Crippen molar-refractivity contribution < 1.29 is 32.0 Å². The highest BCUT2D eigenvalue weighted by molar-refractivity contribution is 9.10. The minimum Gasteiger partial charge on any atom is -0.384 e. The minimum atomic E-state index is -4.50. The van der Waals surface area contributed by atoms with Gasteiger partial charge in [-0.2, -0.15) is 13.2 Å². The molecule has 0 fully saturated rings. The fourth-order valence-electron chi connectivity index (χ4n) is 3.75. The van der Waals surface area contributed by atoms with Crippen molar-refractivity contribution in [3.63, 3.8) is 0 Å². The number of Topliss-reactive ketones (excluding diaryl/α,β-unsaturated/α-hetero) is 1. The number of rotatable bonds is 7. The molecule has 0 saturated heterocycles. The molecule has 0 radical (unpaired) electrons. The Morgan fingerprint density at radius 2 is 1.88 bits per heavy atom. The summed E-state index contributed by atoms with van der Waals surface area (Å²) in [6.07, 6.45) is -4.75. The van der Waals surface area contributed by atoms with Crippen LogP contribution in [0.2, 0.25) is 0 Å². The van der Waals surface area contributed by atoms with Gasteiger partial charge in [0, 0.05) is 30.4 Å². The van der Waals surface area contributed by atoms with Gasteiger partial charge in [0.05, 0.1) is 10.2 Å². The van der Waals surface area contributed by atoms with Gasteiger partial charge in [0.1, 0.15) is 12.4 Å². The van der Waals surface area contributed by atoms with Crippen LogP contribution >= 0.6 is 15.9 Å². The number of halogens is 5. The molecule has 0 spiro atoms. The second kappa shape index (κ2) is 9.85. The molecule has 10 heteroatoms. The zero-order valence-corrected chi connectivity index (χ0v) is 20.4. The predicted molar refractivity (Wildman–Crippen MR) is 122 cm³/mol. The summed E-state index contributed by atoms with van der Waals surface area (Å²) in [7, 11) is 0. The molecule has 1 unspecified atom stereocenters. The Morgan fingerprint density at radius 3 is 2.53 bits per heavy atom. The van der Waals surface area contributed by atoms with Gasteiger partial charge >= 0.3 is 6.18 Å². The molecule has 0 saturated carbocycles. The summed E-state index contributed by atoms with van der Waals surface area (Å²) in [5, 5.41) is 5.90. The SMILES string of the molecule is Cc1cc(Br)c(F)c(C2(C)CC(c3ccc(C(=O)CCC(=O)NCC(F)(F)F)c(C)c3)=NO2)c1. The van der Waals surface area contributed by atoms with Gasteiger partial charge in [0.15, 0.2) is 11.4 Å². The lowest BCUT2D eigenvalue weighted by atomic mass is 9.87. The van der Waals surface area contributed by atoms with Crippen LogP contribution in [0.4, 0.5) is 17.6 Å². The van der Waals surface area contributed by atoms with E-state index in [9.17, 15) is 27.2 Å². The van der Waals surface area contributed by atoms with E-state index in [1.807, 2.05) is 6.92 Å². The smallest absolute Gasteiger partial charge is 0.384 e. The van der Waals surface area contributed by atoms with E-state index in [0.717, 1.165) is 5.56 Å². The second-order valence-electron chi connectivity index (χ2n) is 8.49. The molecule has 1 atom stereocenters. The Hall–Kier alpha value is -2.75. The van der Waals surface area contributed by atoms with Gasteiger partial charge in [0.25, 0.3) is 0 Å². The quantitative estimate of drug-likeness (QED) is 0.350. The maximum atomic E-state index is 14.8. The molecule has 0 aliphatic carbocycles. The van der Waals surface area contributed by atoms with Gasteiger partial charge in [0.2, 0.25) is 5.91 Å².